The van der Waals surface area contributed by atoms with Crippen LogP contribution in [0.4, 0.5) is 17.1 Å². The Hall–Kier alpha value is -9.02. The molecule has 0 saturated carbocycles. The first-order valence-electron chi connectivity index (χ1n) is 24.6. The largest absolute Gasteiger partial charge is 0.310 e. The summed E-state index contributed by atoms with van der Waals surface area (Å²) in [6.45, 7) is 0. The molecule has 2 nitrogen and oxygen atoms in total. The number of para-hydroxylation sites is 2. The molecule has 0 radical (unpaired) electrons. The van der Waals surface area contributed by atoms with Crippen molar-refractivity contribution in [3.05, 3.63) is 279 Å². The molecular formula is C68H46N2Si. The van der Waals surface area contributed by atoms with Crippen LogP contribution in [0.5, 0.6) is 0 Å². The molecule has 2 heterocycles. The summed E-state index contributed by atoms with van der Waals surface area (Å²) in [5, 5.41) is 13.2. The van der Waals surface area contributed by atoms with E-state index in [1.54, 1.807) is 0 Å². The molecule has 0 N–H and O–H groups in total. The summed E-state index contributed by atoms with van der Waals surface area (Å²) >= 11 is 0. The van der Waals surface area contributed by atoms with E-state index in [1.165, 1.54) is 97.5 Å². The maximum atomic E-state index is 2.45. The van der Waals surface area contributed by atoms with E-state index in [4.69, 9.17) is 0 Å². The van der Waals surface area contributed by atoms with E-state index in [2.05, 4.69) is 289 Å². The molecule has 0 atom stereocenters. The van der Waals surface area contributed by atoms with Gasteiger partial charge >= 0.3 is 0 Å². The molecule has 0 spiro atoms. The summed E-state index contributed by atoms with van der Waals surface area (Å²) in [7, 11) is -2.56. The third-order valence-electron chi connectivity index (χ3n) is 15.1. The topological polar surface area (TPSA) is 8.17 Å². The Morgan fingerprint density at radius 3 is 1.55 bits per heavy atom. The fourth-order valence-electron chi connectivity index (χ4n) is 12.0. The number of benzene rings is 12. The Balaban J connectivity index is 0.904. The Kier molecular flexibility index (Phi) is 9.58. The summed E-state index contributed by atoms with van der Waals surface area (Å²) in [6, 6.07) is 104. The minimum Gasteiger partial charge on any atom is -0.310 e. The normalized spacial score (nSPS) is 12.6. The highest BCUT2D eigenvalue weighted by molar-refractivity contribution is 7.22. The predicted molar refractivity (Wildman–Crippen MR) is 304 cm³/mol. The van der Waals surface area contributed by atoms with Crippen molar-refractivity contribution in [3.63, 3.8) is 0 Å². The van der Waals surface area contributed by atoms with Gasteiger partial charge in [-0.1, -0.05) is 218 Å². The molecule has 13 aromatic rings. The van der Waals surface area contributed by atoms with Crippen LogP contribution in [0.25, 0.3) is 82.4 Å². The van der Waals surface area contributed by atoms with Crippen LogP contribution in [0, 0.1) is 0 Å². The van der Waals surface area contributed by atoms with Crippen molar-refractivity contribution in [2.45, 2.75) is 0 Å². The van der Waals surface area contributed by atoms with E-state index in [9.17, 15) is 0 Å². The highest BCUT2D eigenvalue weighted by Gasteiger charge is 2.48. The maximum absolute atomic E-state index is 2.56. The zero-order valence-electron chi connectivity index (χ0n) is 39.0. The highest BCUT2D eigenvalue weighted by Crippen LogP contribution is 2.44. The summed E-state index contributed by atoms with van der Waals surface area (Å²) in [5.41, 5.74) is 14.4. The van der Waals surface area contributed by atoms with Gasteiger partial charge < -0.3 is 9.47 Å². The molecule has 0 fully saturated rings. The Morgan fingerprint density at radius 1 is 0.310 bits per heavy atom. The van der Waals surface area contributed by atoms with Gasteiger partial charge in [0.1, 0.15) is 0 Å². The minimum absolute atomic E-state index is 1.10. The summed E-state index contributed by atoms with van der Waals surface area (Å²) in [4.78, 5) is 2.45. The van der Waals surface area contributed by atoms with Crippen LogP contribution in [0.2, 0.25) is 0 Å². The van der Waals surface area contributed by atoms with Crippen LogP contribution >= 0.6 is 0 Å². The quantitative estimate of drug-likeness (QED) is 0.109. The molecule has 0 saturated heterocycles. The molecule has 1 aromatic heterocycles. The van der Waals surface area contributed by atoms with Crippen LogP contribution in [-0.2, 0) is 0 Å². The first-order chi connectivity index (χ1) is 35.2. The van der Waals surface area contributed by atoms with Crippen LogP contribution in [0.3, 0.4) is 0 Å². The average Bonchev–Trinajstić information content (AvgIpc) is 3.95. The van der Waals surface area contributed by atoms with Gasteiger partial charge in [0.25, 0.3) is 0 Å². The van der Waals surface area contributed by atoms with Gasteiger partial charge in [0, 0.05) is 33.2 Å². The molecule has 0 aliphatic carbocycles. The number of fused-ring (bicyclic) bond motifs is 9. The van der Waals surface area contributed by atoms with E-state index in [1.807, 2.05) is 0 Å². The summed E-state index contributed by atoms with van der Waals surface area (Å²) in [5.74, 6) is 0. The van der Waals surface area contributed by atoms with Gasteiger partial charge in [-0.2, -0.15) is 0 Å². The zero-order valence-corrected chi connectivity index (χ0v) is 40.0. The lowest BCUT2D eigenvalue weighted by Gasteiger charge is -2.31. The number of rotatable bonds is 8. The zero-order chi connectivity index (χ0) is 46.9. The van der Waals surface area contributed by atoms with Crippen molar-refractivity contribution in [3.8, 4) is 39.1 Å². The van der Waals surface area contributed by atoms with Gasteiger partial charge in [0.05, 0.1) is 16.7 Å². The van der Waals surface area contributed by atoms with Crippen LogP contribution in [-0.4, -0.2) is 12.6 Å². The monoisotopic (exact) mass is 918 g/mol. The van der Waals surface area contributed by atoms with Gasteiger partial charge in [-0.05, 0) is 131 Å². The first kappa shape index (κ1) is 41.0. The lowest BCUT2D eigenvalue weighted by Crippen LogP contribution is -2.72. The SMILES string of the molecule is c1ccc(-n2c3ccccc3c3c(-c4ccc(N(c5ccc(-c6ccc7c(c6)-c6ccccc6[Si]7(c6ccccc6)c6ccccc6)cc5)c5cc6ccccc6c6ccccc56)cc4)cccc32)cc1. The molecule has 1 aliphatic heterocycles. The van der Waals surface area contributed by atoms with Gasteiger partial charge in [0.2, 0.25) is 0 Å². The lowest BCUT2D eigenvalue weighted by molar-refractivity contribution is 1.18. The van der Waals surface area contributed by atoms with Crippen LogP contribution in [0.15, 0.2) is 279 Å². The van der Waals surface area contributed by atoms with Crippen LogP contribution < -0.4 is 25.6 Å². The average molecular weight is 919 g/mol. The predicted octanol–water partition coefficient (Wildman–Crippen LogP) is 15.3. The van der Waals surface area contributed by atoms with Crippen molar-refractivity contribution < 1.29 is 0 Å². The molecular weight excluding hydrogens is 873 g/mol. The number of nitrogens with zero attached hydrogens (tertiary/aromatic N) is 2. The number of aromatic nitrogens is 1. The maximum Gasteiger partial charge on any atom is 0.180 e. The molecule has 332 valence electrons. The number of anilines is 3. The van der Waals surface area contributed by atoms with E-state index in [0.29, 0.717) is 0 Å². The smallest absolute Gasteiger partial charge is 0.180 e. The summed E-state index contributed by atoms with van der Waals surface area (Å²) in [6.07, 6.45) is 0. The van der Waals surface area contributed by atoms with Crippen molar-refractivity contribution in [1.29, 1.82) is 0 Å². The van der Waals surface area contributed by atoms with Crippen molar-refractivity contribution in [2.75, 3.05) is 4.90 Å². The number of hydrogen-bond acceptors (Lipinski definition) is 1. The highest BCUT2D eigenvalue weighted by atomic mass is 28.3. The number of hydrogen-bond donors (Lipinski definition) is 0. The van der Waals surface area contributed by atoms with E-state index >= 15 is 0 Å². The molecule has 1 aliphatic rings. The van der Waals surface area contributed by atoms with E-state index in [-0.39, 0.29) is 0 Å². The van der Waals surface area contributed by atoms with Crippen LogP contribution in [0.1, 0.15) is 0 Å². The lowest BCUT2D eigenvalue weighted by atomic mass is 9.97. The Morgan fingerprint density at radius 2 is 0.831 bits per heavy atom. The van der Waals surface area contributed by atoms with Crippen molar-refractivity contribution in [2.24, 2.45) is 0 Å². The minimum atomic E-state index is -2.56. The molecule has 3 heteroatoms. The fourth-order valence-corrected chi connectivity index (χ4v) is 17.1. The molecule has 0 unspecified atom stereocenters. The van der Waals surface area contributed by atoms with E-state index < -0.39 is 8.07 Å². The van der Waals surface area contributed by atoms with Gasteiger partial charge in [-0.15, -0.1) is 0 Å². The Bertz CT molecular complexity index is 4100. The van der Waals surface area contributed by atoms with E-state index in [0.717, 1.165) is 22.7 Å². The molecule has 14 rings (SSSR count). The standard InChI is InChI=1S/C68H46N2Si/c1-4-20-51(21-5-1)70-63-32-16-14-30-61(63)68-57(31-18-33-64(68)70)48-37-42-53(43-38-48)69(65-46-50-19-10-11-26-56(50)58-27-12-13-28-59(58)65)52-40-35-47(36-41-52)49-39-44-67-62(45-49)60-29-15-17-34-66(60)71(67,54-22-6-2-7-23-54)55-24-8-3-9-25-55/h1-46H. The molecule has 0 bridgehead atoms. The third-order valence-corrected chi connectivity index (χ3v) is 19.9. The summed E-state index contributed by atoms with van der Waals surface area (Å²) < 4.78 is 2.39. The second kappa shape index (κ2) is 16.6. The van der Waals surface area contributed by atoms with Gasteiger partial charge in [-0.3, -0.25) is 0 Å². The Labute approximate surface area is 414 Å². The third kappa shape index (κ3) is 6.40. The second-order valence-corrected chi connectivity index (χ2v) is 22.5. The van der Waals surface area contributed by atoms with Gasteiger partial charge in [0.15, 0.2) is 8.07 Å². The first-order valence-corrected chi connectivity index (χ1v) is 26.6. The molecule has 71 heavy (non-hydrogen) atoms. The second-order valence-electron chi connectivity index (χ2n) is 18.8. The molecule has 12 aromatic carbocycles. The van der Waals surface area contributed by atoms with Gasteiger partial charge in [-0.25, -0.2) is 0 Å². The molecule has 0 amide bonds. The van der Waals surface area contributed by atoms with Crippen molar-refractivity contribution >= 4 is 89.2 Å². The fraction of sp³-hybridized carbons (Fsp3) is 0. The van der Waals surface area contributed by atoms with Crippen molar-refractivity contribution in [1.82, 2.24) is 4.57 Å².